The maximum atomic E-state index is 11.9. The number of hydrogen-bond acceptors (Lipinski definition) is 4. The van der Waals surface area contributed by atoms with Gasteiger partial charge in [-0.25, -0.2) is 4.98 Å². The minimum absolute atomic E-state index is 0.0569. The molecule has 0 saturated heterocycles. The Labute approximate surface area is 121 Å². The van der Waals surface area contributed by atoms with Crippen LogP contribution in [0.3, 0.4) is 0 Å². The quantitative estimate of drug-likeness (QED) is 0.711. The van der Waals surface area contributed by atoms with E-state index in [0.717, 1.165) is 30.1 Å². The van der Waals surface area contributed by atoms with Crippen molar-refractivity contribution in [1.29, 1.82) is 0 Å². The first kappa shape index (κ1) is 17.4. The summed E-state index contributed by atoms with van der Waals surface area (Å²) in [6.07, 6.45) is -1.92. The van der Waals surface area contributed by atoms with Crippen LogP contribution in [0.25, 0.3) is 0 Å². The fourth-order valence-corrected chi connectivity index (χ4v) is 2.40. The van der Waals surface area contributed by atoms with E-state index in [4.69, 9.17) is 0 Å². The van der Waals surface area contributed by atoms with Gasteiger partial charge < -0.3 is 10.1 Å². The van der Waals surface area contributed by atoms with Crippen LogP contribution in [-0.4, -0.2) is 37.0 Å². The highest BCUT2D eigenvalue weighted by Crippen LogP contribution is 2.15. The number of rotatable bonds is 9. The maximum absolute atomic E-state index is 11.9. The van der Waals surface area contributed by atoms with Gasteiger partial charge in [-0.2, -0.15) is 13.2 Å². The molecule has 0 atom stereocenters. The molecule has 0 fully saturated rings. The van der Waals surface area contributed by atoms with Gasteiger partial charge in [0, 0.05) is 17.8 Å². The first-order chi connectivity index (χ1) is 9.37. The maximum Gasteiger partial charge on any atom is 0.411 e. The van der Waals surface area contributed by atoms with Crippen molar-refractivity contribution in [3.63, 3.8) is 0 Å². The average molecular weight is 310 g/mol. The molecule has 1 heterocycles. The lowest BCUT2D eigenvalue weighted by Crippen LogP contribution is -2.23. The van der Waals surface area contributed by atoms with Crippen LogP contribution in [0.4, 0.5) is 13.2 Å². The van der Waals surface area contributed by atoms with Gasteiger partial charge in [0.05, 0.1) is 17.3 Å². The van der Waals surface area contributed by atoms with Crippen molar-refractivity contribution in [2.24, 2.45) is 0 Å². The standard InChI is InChI=1S/C13H21F3N2OS/c1-10(2)17-6-3-4-11-8-20-12(18-11)5-7-19-9-13(14,15)16/h8,10,17H,3-7,9H2,1-2H3. The summed E-state index contributed by atoms with van der Waals surface area (Å²) in [5, 5.41) is 6.13. The number of nitrogens with one attached hydrogen (secondary N) is 1. The Morgan fingerprint density at radius 2 is 2.10 bits per heavy atom. The van der Waals surface area contributed by atoms with Crippen molar-refractivity contribution in [3.8, 4) is 0 Å². The molecule has 0 aliphatic heterocycles. The van der Waals surface area contributed by atoms with Crippen LogP contribution in [0.1, 0.15) is 31.0 Å². The Kier molecular flexibility index (Phi) is 7.47. The Morgan fingerprint density at radius 3 is 2.75 bits per heavy atom. The molecule has 0 saturated carbocycles. The summed E-state index contributed by atoms with van der Waals surface area (Å²) in [4.78, 5) is 4.39. The molecular formula is C13H21F3N2OS. The topological polar surface area (TPSA) is 34.1 Å². The minimum Gasteiger partial charge on any atom is -0.372 e. The third-order valence-electron chi connectivity index (χ3n) is 2.49. The zero-order chi connectivity index (χ0) is 15.0. The lowest BCUT2D eigenvalue weighted by Gasteiger charge is -2.06. The van der Waals surface area contributed by atoms with E-state index in [-0.39, 0.29) is 6.61 Å². The molecular weight excluding hydrogens is 289 g/mol. The molecule has 1 aromatic heterocycles. The molecule has 0 unspecified atom stereocenters. The van der Waals surface area contributed by atoms with Crippen LogP contribution in [-0.2, 0) is 17.6 Å². The predicted molar refractivity (Wildman–Crippen MR) is 74.2 cm³/mol. The summed E-state index contributed by atoms with van der Waals surface area (Å²) in [6, 6.07) is 0.478. The van der Waals surface area contributed by atoms with Crippen LogP contribution in [0.5, 0.6) is 0 Å². The Balaban J connectivity index is 2.16. The molecule has 0 aromatic carbocycles. The van der Waals surface area contributed by atoms with E-state index in [9.17, 15) is 13.2 Å². The van der Waals surface area contributed by atoms with Crippen LogP contribution in [0, 0.1) is 0 Å². The molecule has 1 aromatic rings. The van der Waals surface area contributed by atoms with E-state index >= 15 is 0 Å². The summed E-state index contributed by atoms with van der Waals surface area (Å²) in [7, 11) is 0. The number of hydrogen-bond donors (Lipinski definition) is 1. The molecule has 0 bridgehead atoms. The number of aryl methyl sites for hydroxylation is 1. The number of alkyl halides is 3. The third-order valence-corrected chi connectivity index (χ3v) is 3.44. The molecule has 1 rings (SSSR count). The lowest BCUT2D eigenvalue weighted by atomic mass is 10.2. The fourth-order valence-electron chi connectivity index (χ4n) is 1.59. The molecule has 0 spiro atoms. The van der Waals surface area contributed by atoms with Crippen LogP contribution in [0.15, 0.2) is 5.38 Å². The average Bonchev–Trinajstić information content (AvgIpc) is 2.77. The molecule has 0 amide bonds. The van der Waals surface area contributed by atoms with Crippen LogP contribution in [0.2, 0.25) is 0 Å². The molecule has 7 heteroatoms. The molecule has 1 N–H and O–H groups in total. The van der Waals surface area contributed by atoms with Gasteiger partial charge in [0.2, 0.25) is 0 Å². The van der Waals surface area contributed by atoms with Crippen molar-refractivity contribution < 1.29 is 17.9 Å². The zero-order valence-corrected chi connectivity index (χ0v) is 12.6. The van der Waals surface area contributed by atoms with E-state index < -0.39 is 12.8 Å². The van der Waals surface area contributed by atoms with Gasteiger partial charge in [0.15, 0.2) is 0 Å². The molecule has 0 aliphatic rings. The molecule has 0 radical (unpaired) electrons. The molecule has 3 nitrogen and oxygen atoms in total. The van der Waals surface area contributed by atoms with Crippen molar-refractivity contribution in [1.82, 2.24) is 10.3 Å². The second-order valence-electron chi connectivity index (χ2n) is 4.86. The summed E-state index contributed by atoms with van der Waals surface area (Å²) in [6.45, 7) is 4.01. The zero-order valence-electron chi connectivity index (χ0n) is 11.8. The second-order valence-corrected chi connectivity index (χ2v) is 5.81. The van der Waals surface area contributed by atoms with E-state index in [1.807, 2.05) is 5.38 Å². The second kappa shape index (κ2) is 8.59. The van der Waals surface area contributed by atoms with Gasteiger partial charge in [-0.05, 0) is 19.4 Å². The van der Waals surface area contributed by atoms with E-state index in [1.54, 1.807) is 0 Å². The SMILES string of the molecule is CC(C)NCCCc1csc(CCOCC(F)(F)F)n1. The van der Waals surface area contributed by atoms with Gasteiger partial charge in [-0.1, -0.05) is 13.8 Å². The van der Waals surface area contributed by atoms with E-state index in [2.05, 4.69) is 28.9 Å². The van der Waals surface area contributed by atoms with Gasteiger partial charge in [0.1, 0.15) is 6.61 Å². The van der Waals surface area contributed by atoms with Crippen LogP contribution >= 0.6 is 11.3 Å². The smallest absolute Gasteiger partial charge is 0.372 e. The summed E-state index contributed by atoms with van der Waals surface area (Å²) < 4.78 is 40.2. The van der Waals surface area contributed by atoms with Crippen molar-refractivity contribution in [2.45, 2.75) is 45.3 Å². The van der Waals surface area contributed by atoms with Gasteiger partial charge in [-0.3, -0.25) is 0 Å². The van der Waals surface area contributed by atoms with E-state index in [0.29, 0.717) is 12.5 Å². The van der Waals surface area contributed by atoms with Gasteiger partial charge >= 0.3 is 6.18 Å². The fraction of sp³-hybridized carbons (Fsp3) is 0.769. The first-order valence-electron chi connectivity index (χ1n) is 6.68. The van der Waals surface area contributed by atoms with Crippen molar-refractivity contribution in [2.75, 3.05) is 19.8 Å². The lowest BCUT2D eigenvalue weighted by molar-refractivity contribution is -0.173. The van der Waals surface area contributed by atoms with Gasteiger partial charge in [-0.15, -0.1) is 11.3 Å². The third kappa shape index (κ3) is 8.50. The Bertz CT molecular complexity index is 380. The van der Waals surface area contributed by atoms with Crippen molar-refractivity contribution >= 4 is 11.3 Å². The highest BCUT2D eigenvalue weighted by atomic mass is 32.1. The Morgan fingerprint density at radius 1 is 1.35 bits per heavy atom. The summed E-state index contributed by atoms with van der Waals surface area (Å²) in [5.74, 6) is 0. The monoisotopic (exact) mass is 310 g/mol. The Hall–Kier alpha value is -0.660. The number of nitrogens with zero attached hydrogens (tertiary/aromatic N) is 1. The highest BCUT2D eigenvalue weighted by molar-refractivity contribution is 7.09. The summed E-state index contributed by atoms with van der Waals surface area (Å²) in [5.41, 5.74) is 1.01. The molecule has 20 heavy (non-hydrogen) atoms. The van der Waals surface area contributed by atoms with E-state index in [1.165, 1.54) is 11.3 Å². The first-order valence-corrected chi connectivity index (χ1v) is 7.56. The van der Waals surface area contributed by atoms with Crippen molar-refractivity contribution in [3.05, 3.63) is 16.1 Å². The highest BCUT2D eigenvalue weighted by Gasteiger charge is 2.27. The molecule has 116 valence electrons. The molecule has 0 aliphatic carbocycles. The number of halogens is 3. The number of ether oxygens (including phenoxy) is 1. The van der Waals surface area contributed by atoms with Crippen LogP contribution < -0.4 is 5.32 Å². The normalized spacial score (nSPS) is 12.3. The largest absolute Gasteiger partial charge is 0.411 e. The number of thiazole rings is 1. The minimum atomic E-state index is -4.25. The predicted octanol–water partition coefficient (Wildman–Crippen LogP) is 3.20. The summed E-state index contributed by atoms with van der Waals surface area (Å²) >= 11 is 1.48. The number of aromatic nitrogens is 1. The van der Waals surface area contributed by atoms with Gasteiger partial charge in [0.25, 0.3) is 0 Å².